The molecule has 5 saturated heterocycles. The van der Waals surface area contributed by atoms with Crippen LogP contribution in [0.4, 0.5) is 39.6 Å². The third-order valence-electron chi connectivity index (χ3n) is 19.1. The normalized spacial score (nSPS) is 20.1. The number of aldehydes is 1. The van der Waals surface area contributed by atoms with E-state index in [4.69, 9.17) is 150 Å². The van der Waals surface area contributed by atoms with E-state index < -0.39 is 137 Å². The number of ether oxygens (including phenoxy) is 13. The van der Waals surface area contributed by atoms with Crippen molar-refractivity contribution in [3.8, 4) is 28.7 Å². The van der Waals surface area contributed by atoms with Crippen LogP contribution in [0.1, 0.15) is 120 Å². The Labute approximate surface area is 900 Å². The van der Waals surface area contributed by atoms with Crippen molar-refractivity contribution >= 4 is 158 Å². The average Bonchev–Trinajstić information content (AvgIpc) is 1.68. The Bertz CT molecular complexity index is 5770. The van der Waals surface area contributed by atoms with Crippen molar-refractivity contribution in [3.63, 3.8) is 0 Å². The van der Waals surface area contributed by atoms with Crippen molar-refractivity contribution in [1.29, 1.82) is 5.41 Å². The molecule has 42 nitrogen and oxygen atoms in total. The van der Waals surface area contributed by atoms with Crippen LogP contribution in [0.3, 0.4) is 0 Å². The van der Waals surface area contributed by atoms with Gasteiger partial charge in [0.2, 0.25) is 54.7 Å². The van der Waals surface area contributed by atoms with E-state index in [1.807, 2.05) is 46.8 Å². The Kier molecular flexibility index (Phi) is 55.5. The molecule has 51 heteroatoms. The second-order valence-electron chi connectivity index (χ2n) is 30.4. The number of alkyl halides is 3. The summed E-state index contributed by atoms with van der Waals surface area (Å²) in [5.74, 6) is -1.64. The summed E-state index contributed by atoms with van der Waals surface area (Å²) in [6.07, 6.45) is -10.9. The number of methoxy groups -OCH3 is 2. The summed E-state index contributed by atoms with van der Waals surface area (Å²) in [5.41, 5.74) is -1.67. The zero-order chi connectivity index (χ0) is 104. The van der Waals surface area contributed by atoms with E-state index in [2.05, 4.69) is 20.8 Å². The number of hydrogen-bond donors (Lipinski definition) is 11. The molecule has 9 aromatic rings. The number of Topliss-reactive ketones (excluding diaryl/α,β-unsaturated/α-hetero) is 1. The van der Waals surface area contributed by atoms with Crippen molar-refractivity contribution in [2.45, 2.75) is 199 Å². The van der Waals surface area contributed by atoms with Crippen LogP contribution in [0, 0.1) is 18.3 Å². The van der Waals surface area contributed by atoms with Gasteiger partial charge < -0.3 is 143 Å². The summed E-state index contributed by atoms with van der Waals surface area (Å²) in [5, 5.41) is 87.3. The number of amides is 3. The molecule has 11 N–H and O–H groups in total. The molecule has 5 aromatic carbocycles. The molecule has 140 heavy (non-hydrogen) atoms. The van der Waals surface area contributed by atoms with Gasteiger partial charge >= 0.3 is 145 Å². The predicted molar refractivity (Wildman–Crippen MR) is 492 cm³/mol. The Balaban J connectivity index is 0.00000164. The summed E-state index contributed by atoms with van der Waals surface area (Å²) in [6, 6.07) is 29.7. The van der Waals surface area contributed by atoms with Crippen LogP contribution in [0.15, 0.2) is 152 Å². The number of aryl methyl sites for hydroxylation is 1. The Hall–Kier alpha value is -9.27. The number of rotatable bonds is 16. The largest absolute Gasteiger partial charge is 1.00 e. The van der Waals surface area contributed by atoms with Gasteiger partial charge in [0, 0.05) is 126 Å². The first-order valence-corrected chi connectivity index (χ1v) is 41.6. The van der Waals surface area contributed by atoms with E-state index in [0.29, 0.717) is 50.7 Å². The standard InChI is InChI=1S/C20H21NO9.C20H24O7.C12H11NO3.C11H14Cl3NO6.C11H9NO4.C7H6O3.C4H10O.CH2O3.2CH4O.CH4.BF3.2K.H/c1-9(22)21-12-7-10-5-6-11(8-13(10)27-17(12)23)26-18-15-14(28-19(24)29-15)16(25-4)20(2,3)30-18;1-10(21)7-13-8-12-5-6-14(9-15(12)26-18(13)24)25-19-17(23)16(22)11(2)20(3,4)27-19;1-7-3-4-9-6-10(13-8(2)14)12(15)16-11(9)5-7;1-10(2)6(17-3)4-5(19-9(16)18-4)7(21-10)20-8(15)11(12,13)14;1-6(13)12-9-4-7-2-3-8(14)5-10(7)16-11(9)15;8-4-5-1-2-6(9)3-7(5)10;1-3-5-4-2;2-1-4-3;2*1-2;;2-1(3)4;;;/h5-8,14-16,18H,1-4H3,(H,21,22);5-6,8-9,11,16-17,19,22-23H,7H2,1-4H3;3-6H,1-2H3,(H,13,14);4-7,15H,1-3H3;2-5,14H,1H3,(H,12,13);1-4,9-10H;3-4H2,1-2H3;1,3H;2*2H,1H3;1H4;;;;/q;;;;;;;;;;;;2*+1;-1/p-1/t14-,15+,16+,18+;11-,16+,17+,19?;;4-,5+,6+,7?;;;;;;;;;;;/m01.0.........../s1. The van der Waals surface area contributed by atoms with E-state index in [1.165, 1.54) is 90.4 Å². The van der Waals surface area contributed by atoms with Gasteiger partial charge in [0.25, 0.3) is 10.3 Å². The van der Waals surface area contributed by atoms with Gasteiger partial charge in [0.15, 0.2) is 18.5 Å². The number of phenolic OH excluding ortho intramolecular Hbond substituents is 3. The minimum Gasteiger partial charge on any atom is -1.00 e. The van der Waals surface area contributed by atoms with Gasteiger partial charge in [-0.2, -0.15) is 0 Å². The van der Waals surface area contributed by atoms with Crippen molar-refractivity contribution < 1.29 is 281 Å². The number of carbonyl (C=O) groups excluding carboxylic acids is 8. The maximum Gasteiger partial charge on any atom is 1.00 e. The number of anilines is 3. The molecule has 0 radical (unpaired) electrons. The second-order valence-corrected chi connectivity index (χ2v) is 32.7. The summed E-state index contributed by atoms with van der Waals surface area (Å²) >= 11 is 16.7. The topological polar surface area (TPSA) is 611 Å². The van der Waals surface area contributed by atoms with Crippen molar-refractivity contribution in [1.82, 2.24) is 0 Å². The summed E-state index contributed by atoms with van der Waals surface area (Å²) < 4.78 is 118. The Morgan fingerprint density at radius 3 is 1.28 bits per heavy atom. The maximum absolute atomic E-state index is 12.1. The van der Waals surface area contributed by atoms with E-state index in [-0.39, 0.29) is 205 Å². The predicted octanol–water partition coefficient (Wildman–Crippen LogP) is 5.14. The molecule has 0 saturated carbocycles. The SMILES string of the molecule is C.CC(=O)Cc1cc2ccc(OC3OC(C)(C)[C@H](C)[C@H](O)[C@@H]3O)cc2oc1=O.CC(=O)Nc1cc2ccc(C)cc2oc1=O.CC(=O)Nc1cc2ccc(O)cc2oc1=O.CCOCC.CO.CO.CO[C@@H]1[C@H]2OC(=O)O[C@H]2C(OC(=N)C(Cl)(Cl)Cl)OC1(C)C.CO[C@@H]1[C@H]2OC(=O)O[C@H]2[C@H](Oc2ccc3cc(NC(C)=O)c(=O)oc3c2)OC1(C)C.FB(F)F.O=CO[O-].O=Cc1ccc(O)cc1O.[H-].[K+].[K+]. The number of ketones is 1. The van der Waals surface area contributed by atoms with Gasteiger partial charge in [-0.1, -0.05) is 61.3 Å². The van der Waals surface area contributed by atoms with Crippen molar-refractivity contribution in [3.05, 3.63) is 174 Å². The van der Waals surface area contributed by atoms with Crippen LogP contribution in [-0.2, 0) is 87.4 Å². The van der Waals surface area contributed by atoms with Gasteiger partial charge in [-0.25, -0.2) is 28.8 Å². The summed E-state index contributed by atoms with van der Waals surface area (Å²) in [6.45, 7) is 25.2. The molecule has 12 atom stereocenters. The minimum absolute atomic E-state index is 0. The molecule has 14 rings (SSSR count). The molecule has 3 amide bonds. The van der Waals surface area contributed by atoms with E-state index in [9.17, 15) is 81.0 Å². The molecule has 0 spiro atoms. The smallest absolute Gasteiger partial charge is 1.00 e. The fourth-order valence-electron chi connectivity index (χ4n) is 13.0. The maximum atomic E-state index is 12.1. The monoisotopic (exact) mass is 2090 g/mol. The molecular weight excluding hydrogens is 1990 g/mol. The van der Waals surface area contributed by atoms with Crippen molar-refractivity contribution in [2.24, 2.45) is 5.92 Å². The van der Waals surface area contributed by atoms with Crippen LogP contribution in [0.25, 0.3) is 43.9 Å². The van der Waals surface area contributed by atoms with Crippen LogP contribution < -0.4 is 156 Å². The van der Waals surface area contributed by atoms with E-state index in [0.717, 1.165) is 44.4 Å². The molecule has 4 aromatic heterocycles. The first-order chi connectivity index (χ1) is 64.2. The molecule has 5 aliphatic heterocycles. The molecule has 0 bridgehead atoms. The molecule has 0 aliphatic carbocycles. The molecule has 760 valence electrons. The quantitative estimate of drug-likeness (QED) is 0.00686. The first-order valence-electron chi connectivity index (χ1n) is 40.5. The second kappa shape index (κ2) is 60.4. The zero-order valence-corrected chi connectivity index (χ0v) is 87.3. The number of halogens is 6. The zero-order valence-electron chi connectivity index (χ0n) is 79.8. The summed E-state index contributed by atoms with van der Waals surface area (Å²) in [7, 11) is 1.30. The number of aromatic hydroxyl groups is 3. The van der Waals surface area contributed by atoms with Gasteiger partial charge in [0.05, 0.1) is 28.5 Å². The molecule has 9 heterocycles. The Morgan fingerprint density at radius 2 is 0.893 bits per heavy atom. The summed E-state index contributed by atoms with van der Waals surface area (Å²) in [4.78, 5) is 136. The number of nitrogens with one attached hydrogen (secondary N) is 4. The molecule has 5 fully saturated rings. The molecular formula is C89H109BCl3F3K2N4O38. The van der Waals surface area contributed by atoms with Crippen LogP contribution >= 0.6 is 34.8 Å². The minimum atomic E-state index is -3.67. The van der Waals surface area contributed by atoms with E-state index in [1.54, 1.807) is 83.1 Å². The van der Waals surface area contributed by atoms with Gasteiger partial charge in [-0.3, -0.25) is 47.1 Å². The van der Waals surface area contributed by atoms with Crippen LogP contribution in [-0.4, -0.2) is 228 Å². The van der Waals surface area contributed by atoms with Gasteiger partial charge in [-0.05, 0) is 154 Å². The van der Waals surface area contributed by atoms with Crippen LogP contribution in [0.2, 0.25) is 0 Å². The molecule has 5 aliphatic rings. The number of aliphatic hydroxyl groups is 4. The fourth-order valence-corrected chi connectivity index (χ4v) is 13.1. The van der Waals surface area contributed by atoms with E-state index >= 15 is 0 Å². The molecule has 2 unspecified atom stereocenters. The number of benzene rings is 5. The third-order valence-corrected chi connectivity index (χ3v) is 19.7. The number of carbonyl (C=O) groups is 8. The van der Waals surface area contributed by atoms with Crippen LogP contribution in [0.5, 0.6) is 28.7 Å². The first kappa shape index (κ1) is 129. The van der Waals surface area contributed by atoms with Gasteiger partial charge in [-0.15, -0.1) is 0 Å². The van der Waals surface area contributed by atoms with Crippen molar-refractivity contribution in [2.75, 3.05) is 57.6 Å². The third kappa shape index (κ3) is 39.1. The number of aliphatic hydroxyl groups excluding tert-OH is 4. The number of phenols is 3. The number of fused-ring (bicyclic) bond motifs is 6. The average molecular weight is 2100 g/mol. The Morgan fingerprint density at radius 1 is 0.536 bits per heavy atom. The fraction of sp³-hybridized carbons (Fsp3) is 0.427. The van der Waals surface area contributed by atoms with Gasteiger partial charge in [0.1, 0.15) is 92.2 Å². The number of hydrogen-bond acceptors (Lipinski definition) is 39.